The minimum atomic E-state index is -0.719. The van der Waals surface area contributed by atoms with E-state index in [-0.39, 0.29) is 18.3 Å². The number of ether oxygens (including phenoxy) is 1. The average molecular weight is 329 g/mol. The maximum absolute atomic E-state index is 14.0. The summed E-state index contributed by atoms with van der Waals surface area (Å²) in [6.45, 7) is 1.56. The Morgan fingerprint density at radius 1 is 1.29 bits per heavy atom. The molecule has 4 nitrogen and oxygen atoms in total. The summed E-state index contributed by atoms with van der Waals surface area (Å²) in [4.78, 5) is 12.4. The zero-order valence-corrected chi connectivity index (χ0v) is 13.5. The fraction of sp³-hybridized carbons (Fsp3) is 0.316. The van der Waals surface area contributed by atoms with Crippen LogP contribution in [-0.4, -0.2) is 17.1 Å². The predicted molar refractivity (Wildman–Crippen MR) is 87.9 cm³/mol. The van der Waals surface area contributed by atoms with Gasteiger partial charge in [0.2, 0.25) is 0 Å². The average Bonchev–Trinajstić information content (AvgIpc) is 3.35. The fourth-order valence-electron chi connectivity index (χ4n) is 2.75. The van der Waals surface area contributed by atoms with Gasteiger partial charge in [-0.1, -0.05) is 30.3 Å². The molecule has 5 heteroatoms. The Morgan fingerprint density at radius 2 is 2.04 bits per heavy atom. The van der Waals surface area contributed by atoms with Gasteiger partial charge in [0.15, 0.2) is 6.10 Å². The quantitative estimate of drug-likeness (QED) is 0.857. The summed E-state index contributed by atoms with van der Waals surface area (Å²) in [5, 5.41) is 12.1. The van der Waals surface area contributed by atoms with E-state index in [1.54, 1.807) is 49.4 Å². The highest BCUT2D eigenvalue weighted by Gasteiger charge is 2.47. The van der Waals surface area contributed by atoms with Crippen molar-refractivity contribution < 1.29 is 19.0 Å². The van der Waals surface area contributed by atoms with E-state index in [9.17, 15) is 9.18 Å². The number of hydrogen-bond acceptors (Lipinski definition) is 3. The van der Waals surface area contributed by atoms with Crippen molar-refractivity contribution >= 4 is 5.91 Å². The van der Waals surface area contributed by atoms with Gasteiger partial charge < -0.3 is 15.2 Å². The van der Waals surface area contributed by atoms with E-state index >= 15 is 0 Å². The molecule has 0 aliphatic heterocycles. The molecule has 3 rings (SSSR count). The van der Waals surface area contributed by atoms with Crippen LogP contribution in [-0.2, 0) is 16.9 Å². The first-order chi connectivity index (χ1) is 11.5. The lowest BCUT2D eigenvalue weighted by Gasteiger charge is -2.22. The molecule has 2 N–H and O–H groups in total. The van der Waals surface area contributed by atoms with E-state index in [2.05, 4.69) is 5.32 Å². The third-order valence-electron chi connectivity index (χ3n) is 4.27. The zero-order chi connectivity index (χ0) is 17.2. The van der Waals surface area contributed by atoms with Crippen LogP contribution in [0.4, 0.5) is 4.39 Å². The summed E-state index contributed by atoms with van der Waals surface area (Å²) < 4.78 is 19.6. The molecule has 0 aromatic heterocycles. The molecule has 24 heavy (non-hydrogen) atoms. The van der Waals surface area contributed by atoms with Crippen LogP contribution in [0.1, 0.15) is 30.9 Å². The van der Waals surface area contributed by atoms with Crippen molar-refractivity contribution in [2.75, 3.05) is 0 Å². The molecular formula is C19H20FNO3. The number of rotatable bonds is 6. The lowest BCUT2D eigenvalue weighted by Crippen LogP contribution is -2.43. The Balaban J connectivity index is 1.67. The van der Waals surface area contributed by atoms with Gasteiger partial charge in [-0.15, -0.1) is 0 Å². The molecule has 1 unspecified atom stereocenters. The molecule has 1 aliphatic carbocycles. The third-order valence-corrected chi connectivity index (χ3v) is 4.27. The van der Waals surface area contributed by atoms with E-state index in [4.69, 9.17) is 9.84 Å². The van der Waals surface area contributed by atoms with Crippen molar-refractivity contribution in [1.82, 2.24) is 5.32 Å². The molecular weight excluding hydrogens is 309 g/mol. The summed E-state index contributed by atoms with van der Waals surface area (Å²) in [5.74, 6) is -0.0791. The number of nitrogens with one attached hydrogen (secondary N) is 1. The van der Waals surface area contributed by atoms with Crippen LogP contribution >= 0.6 is 0 Å². The molecule has 1 fully saturated rings. The number of carbonyl (C=O) groups is 1. The van der Waals surface area contributed by atoms with Crippen LogP contribution in [0.2, 0.25) is 0 Å². The van der Waals surface area contributed by atoms with Crippen molar-refractivity contribution in [3.05, 3.63) is 65.5 Å². The topological polar surface area (TPSA) is 58.6 Å². The molecule has 1 atom stereocenters. The first-order valence-electron chi connectivity index (χ1n) is 7.97. The highest BCUT2D eigenvalue weighted by atomic mass is 19.1. The molecule has 0 spiro atoms. The van der Waals surface area contributed by atoms with E-state index < -0.39 is 11.6 Å². The second-order valence-corrected chi connectivity index (χ2v) is 6.12. The Bertz CT molecular complexity index is 743. The molecule has 2 aromatic carbocycles. The summed E-state index contributed by atoms with van der Waals surface area (Å²) in [7, 11) is 0. The van der Waals surface area contributed by atoms with E-state index in [0.717, 1.165) is 0 Å². The van der Waals surface area contributed by atoms with Gasteiger partial charge in [-0.3, -0.25) is 4.79 Å². The molecule has 0 heterocycles. The SMILES string of the molecule is CC(Oc1cccc(CO)c1)C(=O)NC1(c2ccccc2F)CC1. The van der Waals surface area contributed by atoms with E-state index in [1.165, 1.54) is 6.07 Å². The molecule has 0 saturated heterocycles. The summed E-state index contributed by atoms with van der Waals surface area (Å²) in [5.41, 5.74) is 0.616. The van der Waals surface area contributed by atoms with Gasteiger partial charge in [-0.05, 0) is 43.5 Å². The highest BCUT2D eigenvalue weighted by molar-refractivity contribution is 5.82. The van der Waals surface area contributed by atoms with Crippen molar-refractivity contribution in [1.29, 1.82) is 0 Å². The number of aliphatic hydroxyl groups is 1. The van der Waals surface area contributed by atoms with Crippen molar-refractivity contribution in [2.24, 2.45) is 0 Å². The molecule has 2 aromatic rings. The second kappa shape index (κ2) is 6.61. The summed E-state index contributed by atoms with van der Waals surface area (Å²) in [6, 6.07) is 13.5. The van der Waals surface area contributed by atoms with Gasteiger partial charge in [-0.2, -0.15) is 0 Å². The number of aliphatic hydroxyl groups excluding tert-OH is 1. The monoisotopic (exact) mass is 329 g/mol. The Morgan fingerprint density at radius 3 is 2.71 bits per heavy atom. The summed E-state index contributed by atoms with van der Waals surface area (Å²) in [6.07, 6.45) is 0.710. The summed E-state index contributed by atoms with van der Waals surface area (Å²) >= 11 is 0. The normalized spacial score (nSPS) is 16.3. The maximum atomic E-state index is 14.0. The number of amides is 1. The van der Waals surface area contributed by atoms with Crippen LogP contribution in [0.5, 0.6) is 5.75 Å². The van der Waals surface area contributed by atoms with Crippen LogP contribution in [0.3, 0.4) is 0 Å². The number of carbonyl (C=O) groups excluding carboxylic acids is 1. The number of hydrogen-bond donors (Lipinski definition) is 2. The zero-order valence-electron chi connectivity index (χ0n) is 13.5. The Hall–Kier alpha value is -2.40. The third kappa shape index (κ3) is 3.41. The largest absolute Gasteiger partial charge is 0.481 e. The first-order valence-corrected chi connectivity index (χ1v) is 7.97. The minimum Gasteiger partial charge on any atom is -0.481 e. The van der Waals surface area contributed by atoms with Crippen LogP contribution in [0.25, 0.3) is 0 Å². The van der Waals surface area contributed by atoms with Gasteiger partial charge >= 0.3 is 0 Å². The van der Waals surface area contributed by atoms with E-state index in [1.807, 2.05) is 0 Å². The number of halogens is 1. The van der Waals surface area contributed by atoms with Crippen molar-refractivity contribution in [3.63, 3.8) is 0 Å². The van der Waals surface area contributed by atoms with E-state index in [0.29, 0.717) is 29.7 Å². The van der Waals surface area contributed by atoms with Crippen molar-refractivity contribution in [3.8, 4) is 5.75 Å². The van der Waals surface area contributed by atoms with Gasteiger partial charge in [0.05, 0.1) is 12.1 Å². The minimum absolute atomic E-state index is 0.0891. The van der Waals surface area contributed by atoms with Crippen LogP contribution < -0.4 is 10.1 Å². The predicted octanol–water partition coefficient (Wildman–Crippen LogP) is 2.89. The first kappa shape index (κ1) is 16.5. The molecule has 126 valence electrons. The Kier molecular flexibility index (Phi) is 4.53. The molecule has 0 radical (unpaired) electrons. The molecule has 1 aliphatic rings. The molecule has 0 bridgehead atoms. The van der Waals surface area contributed by atoms with Gasteiger partial charge in [-0.25, -0.2) is 4.39 Å². The van der Waals surface area contributed by atoms with Crippen LogP contribution in [0.15, 0.2) is 48.5 Å². The van der Waals surface area contributed by atoms with Crippen molar-refractivity contribution in [2.45, 2.75) is 38.0 Å². The smallest absolute Gasteiger partial charge is 0.261 e. The van der Waals surface area contributed by atoms with Crippen LogP contribution in [0, 0.1) is 5.82 Å². The standard InChI is InChI=1S/C19H20FNO3/c1-13(24-15-6-4-5-14(11-15)12-22)18(23)21-19(9-10-19)16-7-2-3-8-17(16)20/h2-8,11,13,22H,9-10,12H2,1H3,(H,21,23). The lowest BCUT2D eigenvalue weighted by molar-refractivity contribution is -0.128. The van der Waals surface area contributed by atoms with Gasteiger partial charge in [0, 0.05) is 5.56 Å². The molecule has 1 saturated carbocycles. The molecule has 1 amide bonds. The Labute approximate surface area is 140 Å². The fourth-order valence-corrected chi connectivity index (χ4v) is 2.75. The van der Waals surface area contributed by atoms with Gasteiger partial charge in [0.25, 0.3) is 5.91 Å². The lowest BCUT2D eigenvalue weighted by atomic mass is 10.0. The van der Waals surface area contributed by atoms with Gasteiger partial charge in [0.1, 0.15) is 11.6 Å². The highest BCUT2D eigenvalue weighted by Crippen LogP contribution is 2.46. The number of benzene rings is 2. The second-order valence-electron chi connectivity index (χ2n) is 6.12. The maximum Gasteiger partial charge on any atom is 0.261 e.